The Labute approximate surface area is 145 Å². The lowest BCUT2D eigenvalue weighted by Crippen LogP contribution is -2.33. The lowest BCUT2D eigenvalue weighted by Gasteiger charge is -2.31. The molecule has 132 valence electrons. The summed E-state index contributed by atoms with van der Waals surface area (Å²) >= 11 is 0. The highest BCUT2D eigenvalue weighted by molar-refractivity contribution is 5.50. The predicted molar refractivity (Wildman–Crippen MR) is 89.7 cm³/mol. The van der Waals surface area contributed by atoms with Gasteiger partial charge in [-0.05, 0) is 60.2 Å². The van der Waals surface area contributed by atoms with E-state index in [9.17, 15) is 13.2 Å². The van der Waals surface area contributed by atoms with Crippen molar-refractivity contribution in [3.05, 3.63) is 64.7 Å². The third-order valence-corrected chi connectivity index (χ3v) is 5.47. The number of halogens is 3. The number of nitrogens with one attached hydrogen (secondary N) is 1. The van der Waals surface area contributed by atoms with Gasteiger partial charge < -0.3 is 10.1 Å². The van der Waals surface area contributed by atoms with E-state index < -0.39 is 11.7 Å². The molecule has 2 aromatic rings. The van der Waals surface area contributed by atoms with Crippen molar-refractivity contribution in [3.8, 4) is 5.75 Å². The van der Waals surface area contributed by atoms with E-state index in [1.165, 1.54) is 12.1 Å². The second kappa shape index (κ2) is 6.06. The van der Waals surface area contributed by atoms with Crippen LogP contribution in [0.1, 0.15) is 47.1 Å². The van der Waals surface area contributed by atoms with Gasteiger partial charge in [0.2, 0.25) is 0 Å². The Hall–Kier alpha value is -2.01. The lowest BCUT2D eigenvalue weighted by molar-refractivity contribution is -0.137. The zero-order chi connectivity index (χ0) is 17.6. The molecule has 0 saturated carbocycles. The van der Waals surface area contributed by atoms with Crippen molar-refractivity contribution in [2.24, 2.45) is 5.92 Å². The molecule has 1 heterocycles. The molecule has 0 amide bonds. The van der Waals surface area contributed by atoms with Gasteiger partial charge in [0.05, 0.1) is 12.7 Å². The molecule has 1 aliphatic carbocycles. The van der Waals surface area contributed by atoms with Crippen molar-refractivity contribution in [2.45, 2.75) is 31.0 Å². The first-order chi connectivity index (χ1) is 12.0. The summed E-state index contributed by atoms with van der Waals surface area (Å²) in [6.07, 6.45) is -2.26. The molecule has 1 fully saturated rings. The zero-order valence-electron chi connectivity index (χ0n) is 13.9. The van der Waals surface area contributed by atoms with Crippen molar-refractivity contribution in [1.29, 1.82) is 0 Å². The Morgan fingerprint density at radius 1 is 1.08 bits per heavy atom. The molecule has 2 aliphatic rings. The van der Waals surface area contributed by atoms with Crippen LogP contribution < -0.4 is 10.1 Å². The smallest absolute Gasteiger partial charge is 0.416 e. The highest BCUT2D eigenvalue weighted by atomic mass is 19.4. The van der Waals surface area contributed by atoms with Gasteiger partial charge in [-0.3, -0.25) is 0 Å². The van der Waals surface area contributed by atoms with Gasteiger partial charge in [-0.1, -0.05) is 24.3 Å². The highest BCUT2D eigenvalue weighted by Gasteiger charge is 2.43. The van der Waals surface area contributed by atoms with Gasteiger partial charge in [0.15, 0.2) is 0 Å². The lowest BCUT2D eigenvalue weighted by atomic mass is 9.80. The molecule has 1 N–H and O–H groups in total. The number of methoxy groups -OCH3 is 1. The van der Waals surface area contributed by atoms with E-state index in [0.29, 0.717) is 0 Å². The molecule has 2 nitrogen and oxygen atoms in total. The van der Waals surface area contributed by atoms with Gasteiger partial charge in [0, 0.05) is 12.0 Å². The van der Waals surface area contributed by atoms with E-state index in [1.54, 1.807) is 7.11 Å². The van der Waals surface area contributed by atoms with Gasteiger partial charge >= 0.3 is 6.18 Å². The summed E-state index contributed by atoms with van der Waals surface area (Å²) in [5.74, 6) is 1.05. The van der Waals surface area contributed by atoms with Crippen LogP contribution in [-0.2, 0) is 6.18 Å². The monoisotopic (exact) mass is 347 g/mol. The summed E-state index contributed by atoms with van der Waals surface area (Å²) in [7, 11) is 1.63. The number of hydrogen-bond donors (Lipinski definition) is 1. The maximum Gasteiger partial charge on any atom is 0.416 e. The summed E-state index contributed by atoms with van der Waals surface area (Å²) in [6.45, 7) is 0.938. The molecule has 4 rings (SSSR count). The number of benzene rings is 2. The summed E-state index contributed by atoms with van der Waals surface area (Å²) in [4.78, 5) is 0. The van der Waals surface area contributed by atoms with Crippen LogP contribution in [0, 0.1) is 5.92 Å². The van der Waals surface area contributed by atoms with E-state index in [2.05, 4.69) is 5.32 Å². The first kappa shape index (κ1) is 16.5. The SMILES string of the molecule is COc1ccc2c(c1)C1NCCCC1C2c1cccc(C(F)(F)F)c1. The molecular weight excluding hydrogens is 327 g/mol. The first-order valence-electron chi connectivity index (χ1n) is 8.57. The molecule has 0 radical (unpaired) electrons. The third-order valence-electron chi connectivity index (χ3n) is 5.47. The fourth-order valence-electron chi connectivity index (χ4n) is 4.41. The maximum absolute atomic E-state index is 13.2. The van der Waals surface area contributed by atoms with Gasteiger partial charge in [0.1, 0.15) is 5.75 Å². The summed E-state index contributed by atoms with van der Waals surface area (Å²) in [5.41, 5.74) is 2.45. The minimum absolute atomic E-state index is 0.0130. The normalized spacial score (nSPS) is 25.4. The van der Waals surface area contributed by atoms with Gasteiger partial charge in [-0.2, -0.15) is 13.2 Å². The number of alkyl halides is 3. The molecule has 1 saturated heterocycles. The number of piperidine rings is 1. The number of hydrogen-bond acceptors (Lipinski definition) is 2. The number of ether oxygens (including phenoxy) is 1. The molecular formula is C20H20F3NO. The van der Waals surface area contributed by atoms with Crippen LogP contribution in [0.3, 0.4) is 0 Å². The molecule has 5 heteroatoms. The van der Waals surface area contributed by atoms with Crippen molar-refractivity contribution in [2.75, 3.05) is 13.7 Å². The molecule has 3 unspecified atom stereocenters. The minimum Gasteiger partial charge on any atom is -0.497 e. The number of rotatable bonds is 2. The summed E-state index contributed by atoms with van der Waals surface area (Å²) < 4.78 is 44.8. The van der Waals surface area contributed by atoms with E-state index in [1.807, 2.05) is 24.3 Å². The standard InChI is InChI=1S/C20H20F3NO/c1-25-14-7-8-15-17(11-14)19-16(6-3-9-24-19)18(15)12-4-2-5-13(10-12)20(21,22)23/h2,4-5,7-8,10-11,16,18-19,24H,3,6,9H2,1H3. The quantitative estimate of drug-likeness (QED) is 0.834. The Kier molecular flexibility index (Phi) is 3.99. The van der Waals surface area contributed by atoms with Gasteiger partial charge in [-0.25, -0.2) is 0 Å². The van der Waals surface area contributed by atoms with Crippen LogP contribution in [0.25, 0.3) is 0 Å². The summed E-state index contributed by atoms with van der Waals surface area (Å²) in [5, 5.41) is 3.56. The molecule has 3 atom stereocenters. The largest absolute Gasteiger partial charge is 0.497 e. The fourth-order valence-corrected chi connectivity index (χ4v) is 4.41. The molecule has 0 bridgehead atoms. The van der Waals surface area contributed by atoms with E-state index in [4.69, 9.17) is 4.74 Å². The zero-order valence-corrected chi connectivity index (χ0v) is 13.9. The maximum atomic E-state index is 13.2. The van der Waals surface area contributed by atoms with Crippen LogP contribution in [0.5, 0.6) is 5.75 Å². The second-order valence-electron chi connectivity index (χ2n) is 6.83. The van der Waals surface area contributed by atoms with Gasteiger partial charge in [-0.15, -0.1) is 0 Å². The second-order valence-corrected chi connectivity index (χ2v) is 6.83. The Bertz CT molecular complexity index is 787. The minimum atomic E-state index is -4.32. The van der Waals surface area contributed by atoms with Crippen molar-refractivity contribution < 1.29 is 17.9 Å². The van der Waals surface area contributed by atoms with Crippen LogP contribution in [0.15, 0.2) is 42.5 Å². The van der Waals surface area contributed by atoms with Crippen molar-refractivity contribution in [1.82, 2.24) is 5.32 Å². The predicted octanol–water partition coefficient (Wildman–Crippen LogP) is 4.90. The Balaban J connectivity index is 1.82. The van der Waals surface area contributed by atoms with E-state index in [-0.39, 0.29) is 17.9 Å². The van der Waals surface area contributed by atoms with Crippen LogP contribution in [-0.4, -0.2) is 13.7 Å². The Morgan fingerprint density at radius 2 is 1.92 bits per heavy atom. The van der Waals surface area contributed by atoms with Crippen molar-refractivity contribution in [3.63, 3.8) is 0 Å². The van der Waals surface area contributed by atoms with E-state index >= 15 is 0 Å². The third kappa shape index (κ3) is 2.80. The average Bonchev–Trinajstić information content (AvgIpc) is 2.94. The molecule has 2 aromatic carbocycles. The van der Waals surface area contributed by atoms with Crippen molar-refractivity contribution >= 4 is 0 Å². The fraction of sp³-hybridized carbons (Fsp3) is 0.400. The molecule has 1 aliphatic heterocycles. The molecule has 0 aromatic heterocycles. The molecule has 0 spiro atoms. The van der Waals surface area contributed by atoms with Crippen LogP contribution in [0.2, 0.25) is 0 Å². The van der Waals surface area contributed by atoms with Crippen LogP contribution in [0.4, 0.5) is 13.2 Å². The first-order valence-corrected chi connectivity index (χ1v) is 8.57. The average molecular weight is 347 g/mol. The topological polar surface area (TPSA) is 21.3 Å². The van der Waals surface area contributed by atoms with E-state index in [0.717, 1.165) is 47.9 Å². The molecule has 25 heavy (non-hydrogen) atoms. The highest BCUT2D eigenvalue weighted by Crippen LogP contribution is 2.52. The summed E-state index contributed by atoms with van der Waals surface area (Å²) in [6, 6.07) is 11.9. The number of fused-ring (bicyclic) bond motifs is 3. The Morgan fingerprint density at radius 3 is 2.68 bits per heavy atom. The van der Waals surface area contributed by atoms with Crippen LogP contribution >= 0.6 is 0 Å². The van der Waals surface area contributed by atoms with Gasteiger partial charge in [0.25, 0.3) is 0 Å².